The van der Waals surface area contributed by atoms with Gasteiger partial charge >= 0.3 is 12.7 Å². The van der Waals surface area contributed by atoms with Crippen LogP contribution >= 0.6 is 22.7 Å². The summed E-state index contributed by atoms with van der Waals surface area (Å²) < 4.78 is 85.0. The largest absolute Gasteiger partial charge is 0.573 e. The third-order valence-corrected chi connectivity index (χ3v) is 6.94. The summed E-state index contributed by atoms with van der Waals surface area (Å²) >= 11 is 2.96. The molecule has 2 nitrogen and oxygen atoms in total. The molecule has 0 bridgehead atoms. The molecule has 0 radical (unpaired) electrons. The molecule has 0 spiro atoms. The van der Waals surface area contributed by atoms with E-state index in [4.69, 9.17) is 0 Å². The lowest BCUT2D eigenvalue weighted by atomic mass is 9.94. The van der Waals surface area contributed by atoms with Crippen LogP contribution < -0.4 is 9.47 Å². The molecule has 10 heteroatoms. The quantitative estimate of drug-likeness (QED) is 0.224. The minimum atomic E-state index is -4.77. The van der Waals surface area contributed by atoms with Crippen LogP contribution in [0.15, 0.2) is 71.4 Å². The van der Waals surface area contributed by atoms with Gasteiger partial charge in [0.2, 0.25) is 0 Å². The Morgan fingerprint density at radius 1 is 0.500 bits per heavy atom. The van der Waals surface area contributed by atoms with Gasteiger partial charge in [0.15, 0.2) is 0 Å². The molecule has 0 saturated carbocycles. The summed E-state index contributed by atoms with van der Waals surface area (Å²) in [7, 11) is 0. The van der Waals surface area contributed by atoms with E-state index in [0.717, 1.165) is 42.4 Å². The predicted molar refractivity (Wildman–Crippen MR) is 121 cm³/mol. The van der Waals surface area contributed by atoms with E-state index in [-0.39, 0.29) is 11.5 Å². The number of halogens is 6. The van der Waals surface area contributed by atoms with E-state index in [9.17, 15) is 26.3 Å². The van der Waals surface area contributed by atoms with Crippen molar-refractivity contribution in [3.63, 3.8) is 0 Å². The molecule has 0 aliphatic carbocycles. The Kier molecular flexibility index (Phi) is 5.44. The molecular weight excluding hydrogens is 498 g/mol. The predicted octanol–water partition coefficient (Wildman–Crippen LogP) is 9.25. The van der Waals surface area contributed by atoms with Gasteiger partial charge in [0.05, 0.1) is 0 Å². The maximum atomic E-state index is 12.5. The van der Waals surface area contributed by atoms with Crippen molar-refractivity contribution in [2.24, 2.45) is 0 Å². The molecule has 5 aromatic rings. The maximum absolute atomic E-state index is 12.5. The van der Waals surface area contributed by atoms with Gasteiger partial charge in [-0.25, -0.2) is 0 Å². The molecule has 3 aromatic carbocycles. The molecule has 2 aromatic heterocycles. The first-order valence-corrected chi connectivity index (χ1v) is 11.5. The summed E-state index contributed by atoms with van der Waals surface area (Å²) in [6, 6.07) is 15.3. The van der Waals surface area contributed by atoms with Gasteiger partial charge < -0.3 is 9.47 Å². The highest BCUT2D eigenvalue weighted by Crippen LogP contribution is 2.48. The Morgan fingerprint density at radius 2 is 0.853 bits per heavy atom. The van der Waals surface area contributed by atoms with E-state index >= 15 is 0 Å². The summed E-state index contributed by atoms with van der Waals surface area (Å²) in [6.07, 6.45) is -9.54. The molecule has 0 atom stereocenters. The van der Waals surface area contributed by atoms with Gasteiger partial charge in [-0.05, 0) is 58.3 Å². The van der Waals surface area contributed by atoms with Crippen LogP contribution in [0.3, 0.4) is 0 Å². The second kappa shape index (κ2) is 8.21. The number of benzene rings is 3. The Morgan fingerprint density at radius 3 is 1.18 bits per heavy atom. The van der Waals surface area contributed by atoms with Crippen molar-refractivity contribution in [2.45, 2.75) is 12.7 Å². The molecule has 34 heavy (non-hydrogen) atoms. The third-order valence-electron chi connectivity index (χ3n) is 5.08. The van der Waals surface area contributed by atoms with Crippen molar-refractivity contribution >= 4 is 42.8 Å². The van der Waals surface area contributed by atoms with Crippen LogP contribution in [0.4, 0.5) is 26.3 Å². The van der Waals surface area contributed by atoms with Crippen molar-refractivity contribution in [3.05, 3.63) is 71.4 Å². The van der Waals surface area contributed by atoms with E-state index in [0.29, 0.717) is 0 Å². The van der Waals surface area contributed by atoms with Crippen LogP contribution in [0.2, 0.25) is 0 Å². The van der Waals surface area contributed by atoms with E-state index in [1.807, 2.05) is 22.9 Å². The van der Waals surface area contributed by atoms with Gasteiger partial charge in [-0.1, -0.05) is 24.3 Å². The number of hydrogen-bond acceptors (Lipinski definition) is 4. The normalized spacial score (nSPS) is 12.4. The number of thiophene rings is 2. The summed E-state index contributed by atoms with van der Waals surface area (Å²) in [5, 5.41) is 5.61. The Hall–Kier alpha value is -3.24. The molecule has 0 aliphatic rings. The van der Waals surface area contributed by atoms with Gasteiger partial charge in [-0.2, -0.15) is 0 Å². The highest BCUT2D eigenvalue weighted by Gasteiger charge is 2.32. The zero-order valence-corrected chi connectivity index (χ0v) is 18.5. The lowest BCUT2D eigenvalue weighted by molar-refractivity contribution is -0.275. The van der Waals surface area contributed by atoms with E-state index < -0.39 is 12.7 Å². The van der Waals surface area contributed by atoms with Crippen LogP contribution in [0, 0.1) is 0 Å². The average Bonchev–Trinajstić information content (AvgIpc) is 3.41. The number of hydrogen-bond donors (Lipinski definition) is 0. The van der Waals surface area contributed by atoms with Gasteiger partial charge in [-0.15, -0.1) is 49.0 Å². The van der Waals surface area contributed by atoms with E-state index in [2.05, 4.69) is 9.47 Å². The lowest BCUT2D eigenvalue weighted by Crippen LogP contribution is -2.16. The molecule has 0 amide bonds. The molecule has 5 rings (SSSR count). The summed E-state index contributed by atoms with van der Waals surface area (Å²) in [5.41, 5.74) is 3.21. The fourth-order valence-corrected chi connectivity index (χ4v) is 5.83. The topological polar surface area (TPSA) is 18.5 Å². The van der Waals surface area contributed by atoms with Crippen molar-refractivity contribution < 1.29 is 35.8 Å². The molecular formula is C24H12F6O2S2. The third kappa shape index (κ3) is 4.43. The maximum Gasteiger partial charge on any atom is 0.573 e. The molecule has 2 heterocycles. The molecule has 0 saturated heterocycles. The SMILES string of the molecule is FC(F)(F)Oc1ccc(-c2c3ccsc3c(-c3ccc(OC(F)(F)F)cc3)c3ccsc23)cc1. The minimum Gasteiger partial charge on any atom is -0.406 e. The van der Waals surface area contributed by atoms with Crippen molar-refractivity contribution in [1.82, 2.24) is 0 Å². The number of fused-ring (bicyclic) bond motifs is 2. The standard InChI is InChI=1S/C24H12F6O2S2/c25-23(26,27)31-15-5-1-13(2-6-15)19-17-9-11-34-22(17)20(18-10-12-33-21(18)19)14-3-7-16(8-4-14)32-24(28,29)30/h1-12H. The van der Waals surface area contributed by atoms with Crippen LogP contribution in [0.25, 0.3) is 42.4 Å². The molecule has 174 valence electrons. The number of rotatable bonds is 4. The van der Waals surface area contributed by atoms with Gasteiger partial charge in [0, 0.05) is 31.3 Å². The van der Waals surface area contributed by atoms with Crippen LogP contribution in [-0.4, -0.2) is 12.7 Å². The van der Waals surface area contributed by atoms with Crippen LogP contribution in [-0.2, 0) is 0 Å². The van der Waals surface area contributed by atoms with Crippen LogP contribution in [0.5, 0.6) is 11.5 Å². The average molecular weight is 510 g/mol. The first-order valence-electron chi connectivity index (χ1n) is 9.72. The van der Waals surface area contributed by atoms with Crippen molar-refractivity contribution in [1.29, 1.82) is 0 Å². The van der Waals surface area contributed by atoms with E-state index in [1.54, 1.807) is 24.3 Å². The fourth-order valence-electron chi connectivity index (χ4n) is 3.86. The van der Waals surface area contributed by atoms with Crippen molar-refractivity contribution in [3.8, 4) is 33.8 Å². The minimum absolute atomic E-state index is 0.307. The molecule has 0 aliphatic heterocycles. The fraction of sp³-hybridized carbons (Fsp3) is 0.0833. The van der Waals surface area contributed by atoms with E-state index in [1.165, 1.54) is 46.9 Å². The zero-order chi connectivity index (χ0) is 24.1. The number of ether oxygens (including phenoxy) is 2. The van der Waals surface area contributed by atoms with Crippen molar-refractivity contribution in [2.75, 3.05) is 0 Å². The van der Waals surface area contributed by atoms with Crippen LogP contribution in [0.1, 0.15) is 0 Å². The van der Waals surface area contributed by atoms with Gasteiger partial charge in [-0.3, -0.25) is 0 Å². The van der Waals surface area contributed by atoms with Gasteiger partial charge in [0.1, 0.15) is 11.5 Å². The van der Waals surface area contributed by atoms with Gasteiger partial charge in [0.25, 0.3) is 0 Å². The summed E-state index contributed by atoms with van der Waals surface area (Å²) in [4.78, 5) is 0. The zero-order valence-electron chi connectivity index (χ0n) is 16.8. The second-order valence-electron chi connectivity index (χ2n) is 7.22. The Labute approximate surface area is 196 Å². The Balaban J connectivity index is 1.63. The first kappa shape index (κ1) is 22.5. The highest BCUT2D eigenvalue weighted by atomic mass is 32.1. The highest BCUT2D eigenvalue weighted by molar-refractivity contribution is 7.20. The molecule has 0 N–H and O–H groups in total. The lowest BCUT2D eigenvalue weighted by Gasteiger charge is -2.14. The Bertz CT molecular complexity index is 1300. The first-order chi connectivity index (χ1) is 16.1. The second-order valence-corrected chi connectivity index (χ2v) is 9.05. The molecule has 0 unspecified atom stereocenters. The molecule has 0 fully saturated rings. The summed E-state index contributed by atoms with van der Waals surface area (Å²) in [6.45, 7) is 0. The number of alkyl halides is 6. The summed E-state index contributed by atoms with van der Waals surface area (Å²) in [5.74, 6) is -0.615. The smallest absolute Gasteiger partial charge is 0.406 e. The monoisotopic (exact) mass is 510 g/mol.